The first-order valence-corrected chi connectivity index (χ1v) is 9.48. The number of carbonyl (C=O) groups excluding carboxylic acids is 1. The van der Waals surface area contributed by atoms with Crippen LogP contribution in [0.4, 0.5) is 0 Å². The molecule has 0 unspecified atom stereocenters. The van der Waals surface area contributed by atoms with Crippen molar-refractivity contribution in [3.63, 3.8) is 0 Å². The van der Waals surface area contributed by atoms with Gasteiger partial charge in [-0.2, -0.15) is 0 Å². The number of likely N-dealkylation sites (N-methyl/N-ethyl adjacent to an activating group) is 2. The standard InChI is InChI=1S/C18H38N4O/c1-4-20(2)15-16-21(3)17-18(23)19-11-7-5-6-8-12-22-13-9-10-14-22/h4-17H2,1-3H3,(H,19,23). The molecule has 1 rings (SSSR count). The van der Waals surface area contributed by atoms with E-state index >= 15 is 0 Å². The minimum atomic E-state index is 0.156. The molecule has 1 N–H and O–H groups in total. The summed E-state index contributed by atoms with van der Waals surface area (Å²) in [6.07, 6.45) is 7.70. The monoisotopic (exact) mass is 326 g/mol. The summed E-state index contributed by atoms with van der Waals surface area (Å²) in [5, 5.41) is 3.04. The van der Waals surface area contributed by atoms with Gasteiger partial charge < -0.3 is 15.1 Å². The smallest absolute Gasteiger partial charge is 0.234 e. The first-order chi connectivity index (χ1) is 11.1. The van der Waals surface area contributed by atoms with Crippen LogP contribution >= 0.6 is 0 Å². The summed E-state index contributed by atoms with van der Waals surface area (Å²) in [6, 6.07) is 0. The molecule has 5 nitrogen and oxygen atoms in total. The Balaban J connectivity index is 1.88. The summed E-state index contributed by atoms with van der Waals surface area (Å²) in [5.74, 6) is 0.156. The number of nitrogens with one attached hydrogen (secondary N) is 1. The Labute approximate surface area is 143 Å². The highest BCUT2D eigenvalue weighted by atomic mass is 16.2. The summed E-state index contributed by atoms with van der Waals surface area (Å²) in [5.41, 5.74) is 0. The largest absolute Gasteiger partial charge is 0.355 e. The zero-order valence-electron chi connectivity index (χ0n) is 15.6. The van der Waals surface area contributed by atoms with E-state index in [2.05, 4.69) is 34.0 Å². The van der Waals surface area contributed by atoms with Crippen LogP contribution < -0.4 is 5.32 Å². The Morgan fingerprint density at radius 2 is 1.65 bits per heavy atom. The number of amides is 1. The van der Waals surface area contributed by atoms with E-state index in [4.69, 9.17) is 0 Å². The van der Waals surface area contributed by atoms with Crippen LogP contribution in [0.2, 0.25) is 0 Å². The fourth-order valence-corrected chi connectivity index (χ4v) is 2.93. The van der Waals surface area contributed by atoms with Gasteiger partial charge in [0.15, 0.2) is 0 Å². The predicted octanol–water partition coefficient (Wildman–Crippen LogP) is 1.64. The van der Waals surface area contributed by atoms with E-state index in [1.165, 1.54) is 51.7 Å². The third-order valence-electron chi connectivity index (χ3n) is 4.74. The summed E-state index contributed by atoms with van der Waals surface area (Å²) in [7, 11) is 4.12. The molecule has 1 heterocycles. The highest BCUT2D eigenvalue weighted by Crippen LogP contribution is 2.09. The van der Waals surface area contributed by atoms with Gasteiger partial charge in [0, 0.05) is 19.6 Å². The van der Waals surface area contributed by atoms with Gasteiger partial charge >= 0.3 is 0 Å². The van der Waals surface area contributed by atoms with Crippen molar-refractivity contribution in [2.24, 2.45) is 0 Å². The molecule has 5 heteroatoms. The maximum absolute atomic E-state index is 11.9. The number of unbranched alkanes of at least 4 members (excludes halogenated alkanes) is 3. The summed E-state index contributed by atoms with van der Waals surface area (Å²) in [4.78, 5) is 18.8. The Kier molecular flexibility index (Phi) is 11.3. The highest BCUT2D eigenvalue weighted by Gasteiger charge is 2.10. The Bertz CT molecular complexity index is 305. The normalized spacial score (nSPS) is 15.7. The number of hydrogen-bond acceptors (Lipinski definition) is 4. The average Bonchev–Trinajstić information content (AvgIpc) is 3.05. The fraction of sp³-hybridized carbons (Fsp3) is 0.944. The van der Waals surface area contributed by atoms with E-state index in [-0.39, 0.29) is 5.91 Å². The molecule has 1 aliphatic rings. The topological polar surface area (TPSA) is 38.8 Å². The van der Waals surface area contributed by atoms with E-state index in [1.54, 1.807) is 0 Å². The quantitative estimate of drug-likeness (QED) is 0.522. The van der Waals surface area contributed by atoms with Crippen LogP contribution in [0.3, 0.4) is 0 Å². The molecule has 0 aliphatic carbocycles. The first kappa shape index (κ1) is 20.4. The van der Waals surface area contributed by atoms with Crippen molar-refractivity contribution in [3.05, 3.63) is 0 Å². The third kappa shape index (κ3) is 10.7. The Hall–Kier alpha value is -0.650. The first-order valence-electron chi connectivity index (χ1n) is 9.48. The molecule has 0 spiro atoms. The molecular formula is C18H38N4O. The van der Waals surface area contributed by atoms with Gasteiger partial charge in [0.25, 0.3) is 0 Å². The lowest BCUT2D eigenvalue weighted by atomic mass is 10.2. The molecule has 0 aromatic heterocycles. The van der Waals surface area contributed by atoms with Gasteiger partial charge in [-0.15, -0.1) is 0 Å². The van der Waals surface area contributed by atoms with E-state index in [0.717, 1.165) is 32.6 Å². The second kappa shape index (κ2) is 12.7. The molecule has 23 heavy (non-hydrogen) atoms. The molecule has 0 aromatic rings. The van der Waals surface area contributed by atoms with Crippen molar-refractivity contribution < 1.29 is 4.79 Å². The molecule has 0 atom stereocenters. The van der Waals surface area contributed by atoms with Gasteiger partial charge in [-0.3, -0.25) is 9.69 Å². The lowest BCUT2D eigenvalue weighted by molar-refractivity contribution is -0.122. The van der Waals surface area contributed by atoms with Gasteiger partial charge in [0.05, 0.1) is 6.54 Å². The van der Waals surface area contributed by atoms with Crippen molar-refractivity contribution >= 4 is 5.91 Å². The van der Waals surface area contributed by atoms with Crippen molar-refractivity contribution in [1.29, 1.82) is 0 Å². The molecule has 0 bridgehead atoms. The van der Waals surface area contributed by atoms with Gasteiger partial charge in [0.1, 0.15) is 0 Å². The average molecular weight is 327 g/mol. The fourth-order valence-electron chi connectivity index (χ4n) is 2.93. The van der Waals surface area contributed by atoms with Crippen molar-refractivity contribution in [1.82, 2.24) is 20.0 Å². The molecular weight excluding hydrogens is 288 g/mol. The Morgan fingerprint density at radius 3 is 2.35 bits per heavy atom. The molecule has 1 aliphatic heterocycles. The minimum Gasteiger partial charge on any atom is -0.355 e. The SMILES string of the molecule is CCN(C)CCN(C)CC(=O)NCCCCCCN1CCCC1. The van der Waals surface area contributed by atoms with Gasteiger partial charge in [0.2, 0.25) is 5.91 Å². The lowest BCUT2D eigenvalue weighted by Crippen LogP contribution is -2.38. The van der Waals surface area contributed by atoms with E-state index in [0.29, 0.717) is 6.54 Å². The lowest BCUT2D eigenvalue weighted by Gasteiger charge is -2.20. The van der Waals surface area contributed by atoms with Crippen LogP contribution in [0.25, 0.3) is 0 Å². The molecule has 1 fully saturated rings. The number of rotatable bonds is 13. The molecule has 136 valence electrons. The van der Waals surface area contributed by atoms with Gasteiger partial charge in [-0.05, 0) is 66.0 Å². The van der Waals surface area contributed by atoms with Gasteiger partial charge in [-0.1, -0.05) is 19.8 Å². The maximum atomic E-state index is 11.9. The van der Waals surface area contributed by atoms with Crippen LogP contribution in [-0.4, -0.2) is 87.1 Å². The minimum absolute atomic E-state index is 0.156. The Morgan fingerprint density at radius 1 is 1.00 bits per heavy atom. The van der Waals surface area contributed by atoms with Crippen molar-refractivity contribution in [2.75, 3.05) is 66.5 Å². The molecule has 0 aromatic carbocycles. The van der Waals surface area contributed by atoms with Crippen LogP contribution in [0.15, 0.2) is 0 Å². The summed E-state index contributed by atoms with van der Waals surface area (Å²) >= 11 is 0. The van der Waals surface area contributed by atoms with Crippen molar-refractivity contribution in [3.8, 4) is 0 Å². The van der Waals surface area contributed by atoms with Crippen LogP contribution in [0.5, 0.6) is 0 Å². The van der Waals surface area contributed by atoms with Crippen molar-refractivity contribution in [2.45, 2.75) is 45.4 Å². The zero-order chi connectivity index (χ0) is 16.9. The molecule has 1 saturated heterocycles. The molecule has 0 radical (unpaired) electrons. The second-order valence-corrected chi connectivity index (χ2v) is 6.95. The number of likely N-dealkylation sites (tertiary alicyclic amines) is 1. The van der Waals surface area contributed by atoms with Gasteiger partial charge in [-0.25, -0.2) is 0 Å². The number of carbonyl (C=O) groups is 1. The van der Waals surface area contributed by atoms with E-state index in [1.807, 2.05) is 7.05 Å². The second-order valence-electron chi connectivity index (χ2n) is 6.95. The van der Waals surface area contributed by atoms with Crippen LogP contribution in [0, 0.1) is 0 Å². The number of nitrogens with zero attached hydrogens (tertiary/aromatic N) is 3. The molecule has 1 amide bonds. The summed E-state index contributed by atoms with van der Waals surface area (Å²) in [6.45, 7) is 10.4. The summed E-state index contributed by atoms with van der Waals surface area (Å²) < 4.78 is 0. The van der Waals surface area contributed by atoms with Crippen LogP contribution in [-0.2, 0) is 4.79 Å². The van der Waals surface area contributed by atoms with E-state index < -0.39 is 0 Å². The van der Waals surface area contributed by atoms with Crippen LogP contribution in [0.1, 0.15) is 45.4 Å². The maximum Gasteiger partial charge on any atom is 0.234 e. The molecule has 0 saturated carbocycles. The third-order valence-corrected chi connectivity index (χ3v) is 4.74. The zero-order valence-corrected chi connectivity index (χ0v) is 15.6. The highest BCUT2D eigenvalue weighted by molar-refractivity contribution is 5.77. The number of hydrogen-bond donors (Lipinski definition) is 1. The predicted molar refractivity (Wildman–Crippen MR) is 97.8 cm³/mol. The van der Waals surface area contributed by atoms with E-state index in [9.17, 15) is 4.79 Å².